The number of likely N-dealkylation sites (tertiary alicyclic amines) is 1. The van der Waals surface area contributed by atoms with E-state index in [0.717, 1.165) is 33.4 Å². The van der Waals surface area contributed by atoms with Gasteiger partial charge in [0.1, 0.15) is 18.1 Å². The number of methoxy groups -OCH3 is 1. The van der Waals surface area contributed by atoms with Crippen molar-refractivity contribution in [3.05, 3.63) is 66.3 Å². The zero-order valence-corrected chi connectivity index (χ0v) is 38.2. The number of esters is 1. The Morgan fingerprint density at radius 2 is 1.92 bits per heavy atom. The lowest BCUT2D eigenvalue weighted by molar-refractivity contribution is -0.155. The van der Waals surface area contributed by atoms with Crippen molar-refractivity contribution >= 4 is 40.5 Å². The molecule has 2 saturated heterocycles. The average molecular weight is 880 g/mol. The number of ether oxygens (including phenoxy) is 2. The third-order valence-corrected chi connectivity index (χ3v) is 12.7. The van der Waals surface area contributed by atoms with Gasteiger partial charge >= 0.3 is 5.97 Å². The largest absolute Gasteiger partial charge is 0.464 e. The molecule has 342 valence electrons. The molecule has 1 aromatic carbocycles. The van der Waals surface area contributed by atoms with Crippen LogP contribution in [0, 0.1) is 17.3 Å². The minimum Gasteiger partial charge on any atom is -0.464 e. The van der Waals surface area contributed by atoms with Crippen LogP contribution in [0.2, 0.25) is 0 Å². The molecule has 3 aliphatic rings. The summed E-state index contributed by atoms with van der Waals surface area (Å²) in [5, 5.41) is 18.8. The maximum atomic E-state index is 14.5. The maximum Gasteiger partial charge on any atom is 0.324 e. The van der Waals surface area contributed by atoms with E-state index in [2.05, 4.69) is 59.0 Å². The van der Waals surface area contributed by atoms with Crippen LogP contribution in [-0.4, -0.2) is 133 Å². The number of pyridine rings is 1. The summed E-state index contributed by atoms with van der Waals surface area (Å²) in [5.74, 6) is -2.71. The van der Waals surface area contributed by atoms with Gasteiger partial charge in [0.2, 0.25) is 17.7 Å². The molecule has 6 bridgehead atoms. The van der Waals surface area contributed by atoms with E-state index < -0.39 is 47.2 Å². The van der Waals surface area contributed by atoms with Crippen molar-refractivity contribution in [2.45, 2.75) is 104 Å². The number of tetrazole rings is 1. The highest BCUT2D eigenvalue weighted by molar-refractivity contribution is 5.95. The van der Waals surface area contributed by atoms with Crippen LogP contribution in [0.15, 0.2) is 49.2 Å². The van der Waals surface area contributed by atoms with E-state index >= 15 is 0 Å². The topological polar surface area (TPSA) is 199 Å². The van der Waals surface area contributed by atoms with Gasteiger partial charge in [0.05, 0.1) is 35.7 Å². The molecule has 3 aliphatic heterocycles. The Balaban J connectivity index is 1.27. The number of hydrogen-bond acceptors (Lipinski definition) is 12. The van der Waals surface area contributed by atoms with Crippen molar-refractivity contribution in [2.24, 2.45) is 17.3 Å². The standard InChI is InChI=1S/C46H61N11O7/c1-10-38(58)54-21-18-29(25-54)43(60)53(8)40(27(3)4)42(59)48-35-23-37-49-52-57(51-37)30-16-17-36-32(22-30)33(41(55(36)11-2)31-14-12-19-47-39(31)28(5)63-9)24-46(6,7)26-64-45(62)34-15-13-20-56(50-34)44(35)61/h10,12,14,16-17,19,22,27-29,34-35,40,50H,1,11,13,15,18,20-21,23-26H2,2-9H3,(H,48,59)/t28-,29-,34-,35-,40-/m0/s1. The molecule has 18 heteroatoms. The van der Waals surface area contributed by atoms with Gasteiger partial charge in [-0.2, -0.15) is 0 Å². The van der Waals surface area contributed by atoms with Crippen molar-refractivity contribution < 1.29 is 33.4 Å². The molecule has 18 nitrogen and oxygen atoms in total. The molecule has 7 rings (SSSR count). The van der Waals surface area contributed by atoms with Crippen LogP contribution in [0.25, 0.3) is 27.8 Å². The first-order valence-electron chi connectivity index (χ1n) is 22.2. The van der Waals surface area contributed by atoms with Crippen LogP contribution in [0.3, 0.4) is 0 Å². The van der Waals surface area contributed by atoms with E-state index in [0.29, 0.717) is 44.5 Å². The lowest BCUT2D eigenvalue weighted by atomic mass is 9.84. The number of carbonyl (C=O) groups is 5. The van der Waals surface area contributed by atoms with E-state index in [1.807, 2.05) is 45.0 Å². The summed E-state index contributed by atoms with van der Waals surface area (Å²) >= 11 is 0. The van der Waals surface area contributed by atoms with Gasteiger partial charge in [0.15, 0.2) is 5.82 Å². The third kappa shape index (κ3) is 9.29. The number of cyclic esters (lactones) is 1. The molecular formula is C46H61N11O7. The van der Waals surface area contributed by atoms with Crippen LogP contribution in [0.1, 0.15) is 84.0 Å². The van der Waals surface area contributed by atoms with E-state index in [9.17, 15) is 24.0 Å². The second-order valence-electron chi connectivity index (χ2n) is 18.2. The molecule has 0 saturated carbocycles. The lowest BCUT2D eigenvalue weighted by Gasteiger charge is -2.36. The van der Waals surface area contributed by atoms with Gasteiger partial charge in [-0.1, -0.05) is 34.3 Å². The second kappa shape index (κ2) is 19.0. The number of rotatable bonds is 10. The van der Waals surface area contributed by atoms with Crippen molar-refractivity contribution in [1.29, 1.82) is 0 Å². The van der Waals surface area contributed by atoms with E-state index in [1.54, 1.807) is 25.3 Å². The monoisotopic (exact) mass is 879 g/mol. The summed E-state index contributed by atoms with van der Waals surface area (Å²) < 4.78 is 14.1. The number of carbonyl (C=O) groups excluding carboxylic acids is 5. The summed E-state index contributed by atoms with van der Waals surface area (Å²) in [6.45, 7) is 17.1. The smallest absolute Gasteiger partial charge is 0.324 e. The zero-order valence-electron chi connectivity index (χ0n) is 38.2. The SMILES string of the molecule is C=CC(=O)N1CC[C@H](C(=O)N(C)[C@H](C(=O)N[C@H]2Cc3nnn(n3)-c3ccc4c(c3)c(c(-c3cccnc3[C@H](C)OC)n4CC)CC(C)(C)COC(=O)[C@@H]3CCCN(N3)C2=O)C(C)C)C1. The van der Waals surface area contributed by atoms with Crippen molar-refractivity contribution in [2.75, 3.05) is 40.4 Å². The van der Waals surface area contributed by atoms with Crippen LogP contribution in [0.4, 0.5) is 0 Å². The number of hydrazine groups is 1. The van der Waals surface area contributed by atoms with E-state index in [1.165, 1.54) is 20.8 Å². The second-order valence-corrected chi connectivity index (χ2v) is 18.2. The van der Waals surface area contributed by atoms with Crippen LogP contribution in [-0.2, 0) is 52.8 Å². The van der Waals surface area contributed by atoms with Gasteiger partial charge in [0, 0.05) is 74.8 Å². The van der Waals surface area contributed by atoms with Gasteiger partial charge < -0.3 is 29.2 Å². The highest BCUT2D eigenvalue weighted by atomic mass is 16.5. The minimum atomic E-state index is -1.21. The number of aromatic nitrogens is 6. The summed E-state index contributed by atoms with van der Waals surface area (Å²) in [6.07, 6.45) is 4.50. The Kier molecular flexibility index (Phi) is 13.6. The molecule has 0 unspecified atom stereocenters. The van der Waals surface area contributed by atoms with Gasteiger partial charge in [-0.3, -0.25) is 34.0 Å². The number of fused-ring (bicyclic) bond motifs is 6. The summed E-state index contributed by atoms with van der Waals surface area (Å²) in [7, 11) is 3.24. The Bertz CT molecular complexity index is 2420. The number of aryl methyl sites for hydroxylation is 1. The number of benzene rings is 1. The first kappa shape index (κ1) is 46.0. The van der Waals surface area contributed by atoms with Crippen molar-refractivity contribution in [3.63, 3.8) is 0 Å². The normalized spacial score (nSPS) is 21.3. The molecule has 0 spiro atoms. The number of nitrogens with one attached hydrogen (secondary N) is 2. The summed E-state index contributed by atoms with van der Waals surface area (Å²) in [6, 6.07) is 6.97. The molecule has 4 amide bonds. The first-order valence-corrected chi connectivity index (χ1v) is 22.2. The first-order chi connectivity index (χ1) is 30.5. The van der Waals surface area contributed by atoms with Gasteiger partial charge in [-0.25, -0.2) is 5.43 Å². The molecule has 4 aromatic rings. The maximum absolute atomic E-state index is 14.5. The fraction of sp³-hybridized carbons (Fsp3) is 0.543. The fourth-order valence-electron chi connectivity index (χ4n) is 9.32. The predicted molar refractivity (Wildman–Crippen MR) is 237 cm³/mol. The minimum absolute atomic E-state index is 0.100. The van der Waals surface area contributed by atoms with Crippen LogP contribution < -0.4 is 10.7 Å². The van der Waals surface area contributed by atoms with E-state index in [4.69, 9.17) is 19.6 Å². The van der Waals surface area contributed by atoms with Gasteiger partial charge in [-0.15, -0.1) is 15.0 Å². The number of amides is 4. The molecule has 64 heavy (non-hydrogen) atoms. The van der Waals surface area contributed by atoms with Gasteiger partial charge in [-0.05, 0) is 92.6 Å². The summed E-state index contributed by atoms with van der Waals surface area (Å²) in [4.78, 5) is 78.0. The van der Waals surface area contributed by atoms with Crippen molar-refractivity contribution in [1.82, 2.24) is 55.3 Å². The number of likely N-dealkylation sites (N-methyl/N-ethyl adjacent to an activating group) is 1. The lowest BCUT2D eigenvalue weighted by Crippen LogP contribution is -2.62. The molecule has 3 aromatic heterocycles. The fourth-order valence-corrected chi connectivity index (χ4v) is 9.32. The quantitative estimate of drug-likeness (QED) is 0.174. The van der Waals surface area contributed by atoms with Crippen LogP contribution >= 0.6 is 0 Å². The Hall–Kier alpha value is -6.01. The van der Waals surface area contributed by atoms with Gasteiger partial charge in [0.25, 0.3) is 5.91 Å². The Morgan fingerprint density at radius 3 is 2.64 bits per heavy atom. The number of hydrogen-bond donors (Lipinski definition) is 2. The van der Waals surface area contributed by atoms with Crippen LogP contribution in [0.5, 0.6) is 0 Å². The molecule has 5 atom stereocenters. The predicted octanol–water partition coefficient (Wildman–Crippen LogP) is 3.57. The highest BCUT2D eigenvalue weighted by Gasteiger charge is 2.40. The molecular weight excluding hydrogens is 819 g/mol. The molecule has 2 fully saturated rings. The van der Waals surface area contributed by atoms with Crippen molar-refractivity contribution in [3.8, 4) is 16.9 Å². The molecule has 2 N–H and O–H groups in total. The molecule has 6 heterocycles. The average Bonchev–Trinajstić information content (AvgIpc) is 4.05. The Labute approximate surface area is 373 Å². The molecule has 0 aliphatic carbocycles. The van der Waals surface area contributed by atoms with E-state index in [-0.39, 0.29) is 55.8 Å². The zero-order chi connectivity index (χ0) is 46.0. The Morgan fingerprint density at radius 1 is 1.14 bits per heavy atom. The summed E-state index contributed by atoms with van der Waals surface area (Å²) in [5.41, 5.74) is 7.92. The molecule has 0 radical (unpaired) electrons. The third-order valence-electron chi connectivity index (χ3n) is 12.7. The number of nitrogens with zero attached hydrogens (tertiary/aromatic N) is 9. The highest BCUT2D eigenvalue weighted by Crippen LogP contribution is 2.41.